The highest BCUT2D eigenvalue weighted by atomic mass is 16.2. The van der Waals surface area contributed by atoms with Crippen LogP contribution in [0.4, 0.5) is 4.79 Å². The Bertz CT molecular complexity index is 693. The van der Waals surface area contributed by atoms with Gasteiger partial charge in [-0.2, -0.15) is 0 Å². The van der Waals surface area contributed by atoms with Gasteiger partial charge in [0.2, 0.25) is 5.91 Å². The number of amides is 4. The number of likely N-dealkylation sites (tertiary alicyclic amines) is 1. The lowest BCUT2D eigenvalue weighted by Gasteiger charge is -2.42. The number of primary amides is 1. The van der Waals surface area contributed by atoms with Crippen molar-refractivity contribution in [1.29, 1.82) is 0 Å². The number of nitrogens with one attached hydrogen (secondary N) is 1. The number of urea groups is 1. The molecule has 7 nitrogen and oxygen atoms in total. The Balaban J connectivity index is 1.84. The maximum absolute atomic E-state index is 12.5. The molecule has 2 aliphatic rings. The van der Waals surface area contributed by atoms with E-state index in [-0.39, 0.29) is 17.9 Å². The molecule has 7 heteroatoms. The number of hydrogen-bond acceptors (Lipinski definition) is 4. The molecule has 3 N–H and O–H groups in total. The van der Waals surface area contributed by atoms with Gasteiger partial charge in [-0.05, 0) is 31.9 Å². The van der Waals surface area contributed by atoms with E-state index in [4.69, 9.17) is 5.73 Å². The number of carbonyl (C=O) groups is 3. The van der Waals surface area contributed by atoms with Crippen LogP contribution in [0, 0.1) is 5.92 Å². The first-order valence-electron chi connectivity index (χ1n) is 8.53. The fourth-order valence-electron chi connectivity index (χ4n) is 3.98. The molecule has 2 aliphatic heterocycles. The SMILES string of the molecule is CN1C(=O)N[C@](C)([C@H]2CCCN([C@@H](C(N)=O)c3ccccc3)C2)C1=O. The molecule has 0 bridgehead atoms. The molecule has 2 fully saturated rings. The second kappa shape index (κ2) is 6.48. The van der Waals surface area contributed by atoms with E-state index < -0.39 is 17.5 Å². The van der Waals surface area contributed by atoms with Gasteiger partial charge in [-0.15, -0.1) is 0 Å². The van der Waals surface area contributed by atoms with Gasteiger partial charge in [0.05, 0.1) is 0 Å². The standard InChI is InChI=1S/C18H24N4O3/c1-18(16(24)21(2)17(25)20-18)13-9-6-10-22(11-13)14(15(19)23)12-7-4-3-5-8-12/h3-5,7-8,13-14H,6,9-11H2,1-2H3,(H2,19,23)(H,20,25)/t13-,14+,18+/m0/s1. The minimum atomic E-state index is -0.941. The molecule has 2 heterocycles. The Morgan fingerprint density at radius 1 is 1.32 bits per heavy atom. The van der Waals surface area contributed by atoms with Crippen molar-refractivity contribution in [2.45, 2.75) is 31.3 Å². The van der Waals surface area contributed by atoms with Gasteiger partial charge in [0.1, 0.15) is 11.6 Å². The Kier molecular flexibility index (Phi) is 4.51. The summed E-state index contributed by atoms with van der Waals surface area (Å²) in [5.74, 6) is -0.705. The van der Waals surface area contributed by atoms with Crippen molar-refractivity contribution in [3.05, 3.63) is 35.9 Å². The van der Waals surface area contributed by atoms with E-state index in [1.54, 1.807) is 6.92 Å². The van der Waals surface area contributed by atoms with Crippen LogP contribution in [0.1, 0.15) is 31.4 Å². The van der Waals surface area contributed by atoms with E-state index in [1.165, 1.54) is 7.05 Å². The smallest absolute Gasteiger partial charge is 0.324 e. The van der Waals surface area contributed by atoms with Crippen LogP contribution in [0.3, 0.4) is 0 Å². The quantitative estimate of drug-likeness (QED) is 0.792. The second-order valence-electron chi connectivity index (χ2n) is 7.05. The number of nitrogens with two attached hydrogens (primary N) is 1. The van der Waals surface area contributed by atoms with Crippen LogP contribution in [-0.2, 0) is 9.59 Å². The minimum Gasteiger partial charge on any atom is -0.368 e. The molecular weight excluding hydrogens is 320 g/mol. The van der Waals surface area contributed by atoms with E-state index in [2.05, 4.69) is 5.32 Å². The van der Waals surface area contributed by atoms with E-state index >= 15 is 0 Å². The highest BCUT2D eigenvalue weighted by Gasteiger charge is 2.52. The lowest BCUT2D eigenvalue weighted by Crippen LogP contribution is -2.56. The average Bonchev–Trinajstić information content (AvgIpc) is 2.80. The Hall–Kier alpha value is -2.41. The molecule has 25 heavy (non-hydrogen) atoms. The maximum Gasteiger partial charge on any atom is 0.324 e. The zero-order valence-electron chi connectivity index (χ0n) is 14.6. The number of rotatable bonds is 4. The van der Waals surface area contributed by atoms with Gasteiger partial charge >= 0.3 is 6.03 Å². The third-order valence-electron chi connectivity index (χ3n) is 5.44. The van der Waals surface area contributed by atoms with Crippen LogP contribution in [0.2, 0.25) is 0 Å². The van der Waals surface area contributed by atoms with Crippen LogP contribution in [0.25, 0.3) is 0 Å². The van der Waals surface area contributed by atoms with Crippen molar-refractivity contribution >= 4 is 17.8 Å². The molecule has 4 amide bonds. The summed E-state index contributed by atoms with van der Waals surface area (Å²) in [6.07, 6.45) is 1.65. The van der Waals surface area contributed by atoms with Gasteiger partial charge in [-0.25, -0.2) is 4.79 Å². The summed E-state index contributed by atoms with van der Waals surface area (Å²) < 4.78 is 0. The molecule has 0 unspecified atom stereocenters. The first-order chi connectivity index (χ1) is 11.8. The fraction of sp³-hybridized carbons (Fsp3) is 0.500. The summed E-state index contributed by atoms with van der Waals surface area (Å²) in [5.41, 5.74) is 5.58. The highest BCUT2D eigenvalue weighted by Crippen LogP contribution is 2.35. The zero-order valence-corrected chi connectivity index (χ0v) is 14.6. The number of imide groups is 1. The van der Waals surface area contributed by atoms with Crippen molar-refractivity contribution in [2.75, 3.05) is 20.1 Å². The summed E-state index contributed by atoms with van der Waals surface area (Å²) >= 11 is 0. The molecule has 0 aliphatic carbocycles. The maximum atomic E-state index is 12.5. The van der Waals surface area contributed by atoms with E-state index in [9.17, 15) is 14.4 Å². The van der Waals surface area contributed by atoms with Crippen molar-refractivity contribution in [3.63, 3.8) is 0 Å². The Morgan fingerprint density at radius 3 is 2.56 bits per heavy atom. The normalized spacial score (nSPS) is 28.7. The molecule has 1 aromatic carbocycles. The number of nitrogens with zero attached hydrogens (tertiary/aromatic N) is 2. The minimum absolute atomic E-state index is 0.0757. The molecule has 2 saturated heterocycles. The van der Waals surface area contributed by atoms with Gasteiger partial charge in [-0.3, -0.25) is 19.4 Å². The van der Waals surface area contributed by atoms with Crippen molar-refractivity contribution in [2.24, 2.45) is 11.7 Å². The zero-order chi connectivity index (χ0) is 18.2. The molecule has 3 rings (SSSR count). The predicted octanol–water partition coefficient (Wildman–Crippen LogP) is 0.865. The number of hydrogen-bond donors (Lipinski definition) is 2. The van der Waals surface area contributed by atoms with Crippen LogP contribution < -0.4 is 11.1 Å². The third-order valence-corrected chi connectivity index (χ3v) is 5.44. The highest BCUT2D eigenvalue weighted by molar-refractivity contribution is 6.06. The second-order valence-corrected chi connectivity index (χ2v) is 7.05. The molecular formula is C18H24N4O3. The lowest BCUT2D eigenvalue weighted by molar-refractivity contribution is -0.133. The van der Waals surface area contributed by atoms with Crippen LogP contribution in [0.5, 0.6) is 0 Å². The van der Waals surface area contributed by atoms with Gasteiger partial charge in [-0.1, -0.05) is 30.3 Å². The van der Waals surface area contributed by atoms with Crippen molar-refractivity contribution in [1.82, 2.24) is 15.1 Å². The largest absolute Gasteiger partial charge is 0.368 e. The Morgan fingerprint density at radius 2 is 2.00 bits per heavy atom. The molecule has 0 spiro atoms. The van der Waals surface area contributed by atoms with Crippen LogP contribution in [0.15, 0.2) is 30.3 Å². The molecule has 1 aromatic rings. The van der Waals surface area contributed by atoms with Crippen molar-refractivity contribution in [3.8, 4) is 0 Å². The predicted molar refractivity (Wildman–Crippen MR) is 92.4 cm³/mol. The topological polar surface area (TPSA) is 95.7 Å². The third kappa shape index (κ3) is 3.00. The average molecular weight is 344 g/mol. The summed E-state index contributed by atoms with van der Waals surface area (Å²) in [6.45, 7) is 3.03. The lowest BCUT2D eigenvalue weighted by atomic mass is 9.79. The molecule has 0 saturated carbocycles. The van der Waals surface area contributed by atoms with Gasteiger partial charge in [0, 0.05) is 19.5 Å². The number of likely N-dealkylation sites (N-methyl/N-ethyl adjacent to an activating group) is 1. The van der Waals surface area contributed by atoms with Crippen LogP contribution in [-0.4, -0.2) is 53.3 Å². The van der Waals surface area contributed by atoms with Crippen molar-refractivity contribution < 1.29 is 14.4 Å². The molecule has 0 aromatic heterocycles. The van der Waals surface area contributed by atoms with E-state index in [1.807, 2.05) is 35.2 Å². The molecule has 3 atom stereocenters. The van der Waals surface area contributed by atoms with E-state index in [0.29, 0.717) is 6.54 Å². The van der Waals surface area contributed by atoms with Crippen LogP contribution >= 0.6 is 0 Å². The molecule has 0 radical (unpaired) electrons. The van der Waals surface area contributed by atoms with Gasteiger partial charge in [0.15, 0.2) is 0 Å². The fourth-order valence-corrected chi connectivity index (χ4v) is 3.98. The van der Waals surface area contributed by atoms with Gasteiger partial charge < -0.3 is 11.1 Å². The number of carbonyl (C=O) groups excluding carboxylic acids is 3. The monoisotopic (exact) mass is 344 g/mol. The first-order valence-corrected chi connectivity index (χ1v) is 8.53. The summed E-state index contributed by atoms with van der Waals surface area (Å²) in [6, 6.07) is 8.52. The Labute approximate surface area is 147 Å². The first kappa shape index (κ1) is 17.4. The summed E-state index contributed by atoms with van der Waals surface area (Å²) in [5, 5.41) is 2.82. The number of benzene rings is 1. The summed E-state index contributed by atoms with van der Waals surface area (Å²) in [4.78, 5) is 39.7. The summed E-state index contributed by atoms with van der Waals surface area (Å²) in [7, 11) is 1.49. The van der Waals surface area contributed by atoms with E-state index in [0.717, 1.165) is 29.8 Å². The molecule has 134 valence electrons. The number of piperidine rings is 1. The van der Waals surface area contributed by atoms with Gasteiger partial charge in [0.25, 0.3) is 5.91 Å².